The maximum Gasteiger partial charge on any atom is 0.333 e. The molecule has 2 aliphatic rings. The van der Waals surface area contributed by atoms with Crippen LogP contribution in [0, 0.1) is 0 Å². The van der Waals surface area contributed by atoms with E-state index in [1.807, 2.05) is 18.2 Å². The number of nitrogens with one attached hydrogen (secondary N) is 1. The van der Waals surface area contributed by atoms with E-state index < -0.39 is 18.0 Å². The summed E-state index contributed by atoms with van der Waals surface area (Å²) in [6.45, 7) is 2.60. The molecule has 1 aromatic rings. The van der Waals surface area contributed by atoms with Crippen molar-refractivity contribution < 1.29 is 24.5 Å². The Morgan fingerprint density at radius 2 is 1.89 bits per heavy atom. The van der Waals surface area contributed by atoms with E-state index in [4.69, 9.17) is 9.84 Å². The van der Waals surface area contributed by atoms with E-state index in [-0.39, 0.29) is 11.7 Å². The van der Waals surface area contributed by atoms with Gasteiger partial charge in [0.25, 0.3) is 0 Å². The van der Waals surface area contributed by atoms with Gasteiger partial charge in [0.2, 0.25) is 0 Å². The molecule has 2 atom stereocenters. The Labute approximate surface area is 158 Å². The summed E-state index contributed by atoms with van der Waals surface area (Å²) in [5, 5.41) is 21.4. The molecule has 2 unspecified atom stereocenters. The normalized spacial score (nSPS) is 23.7. The zero-order chi connectivity index (χ0) is 19.2. The zero-order valence-corrected chi connectivity index (χ0v) is 15.3. The Bertz CT molecular complexity index is 712. The first-order chi connectivity index (χ1) is 13.0. The minimum Gasteiger partial charge on any atom is -0.488 e. The highest BCUT2D eigenvalue weighted by Gasteiger charge is 2.30. The summed E-state index contributed by atoms with van der Waals surface area (Å²) >= 11 is 0. The van der Waals surface area contributed by atoms with E-state index >= 15 is 0 Å². The fourth-order valence-corrected chi connectivity index (χ4v) is 3.80. The van der Waals surface area contributed by atoms with Crippen LogP contribution in [-0.4, -0.2) is 53.9 Å². The van der Waals surface area contributed by atoms with E-state index in [1.165, 1.54) is 19.3 Å². The number of nitrogens with zero attached hydrogens (tertiary/aromatic N) is 1. The maximum atomic E-state index is 11.4. The molecule has 3 rings (SSSR count). The van der Waals surface area contributed by atoms with Crippen LogP contribution >= 0.6 is 0 Å². The van der Waals surface area contributed by atoms with Crippen molar-refractivity contribution in [3.8, 4) is 5.75 Å². The summed E-state index contributed by atoms with van der Waals surface area (Å²) in [5.74, 6) is -1.67. The number of carbonyl (C=O) groups is 2. The van der Waals surface area contributed by atoms with Gasteiger partial charge < -0.3 is 25.2 Å². The van der Waals surface area contributed by atoms with Gasteiger partial charge in [-0.1, -0.05) is 12.1 Å². The second-order valence-electron chi connectivity index (χ2n) is 7.03. The number of carboxylic acid groups (broad SMARTS) is 2. The monoisotopic (exact) mass is 374 g/mol. The second-order valence-corrected chi connectivity index (χ2v) is 7.03. The molecule has 7 nitrogen and oxygen atoms in total. The third-order valence-corrected chi connectivity index (χ3v) is 5.11. The highest BCUT2D eigenvalue weighted by atomic mass is 16.5. The molecule has 0 amide bonds. The Morgan fingerprint density at radius 1 is 1.15 bits per heavy atom. The average molecular weight is 374 g/mol. The van der Waals surface area contributed by atoms with Gasteiger partial charge in [-0.05, 0) is 44.4 Å². The van der Waals surface area contributed by atoms with Gasteiger partial charge in [-0.25, -0.2) is 9.59 Å². The molecular weight excluding hydrogens is 348 g/mol. The number of hydrogen-bond acceptors (Lipinski definition) is 5. The molecule has 2 fully saturated rings. The molecule has 0 aliphatic carbocycles. The molecular formula is C20H26N2O5. The van der Waals surface area contributed by atoms with Crippen molar-refractivity contribution in [3.63, 3.8) is 0 Å². The van der Waals surface area contributed by atoms with E-state index in [2.05, 4.69) is 16.3 Å². The minimum atomic E-state index is -1.26. The SMILES string of the molecule is O=C(O)/C=C(\C(=O)O)C1CC(Oc2ccccc2N2CCCCC2)CCN1. The second kappa shape index (κ2) is 8.90. The van der Waals surface area contributed by atoms with E-state index in [1.54, 1.807) is 0 Å². The van der Waals surface area contributed by atoms with Crippen molar-refractivity contribution in [2.24, 2.45) is 0 Å². The Kier molecular flexibility index (Phi) is 6.34. The lowest BCUT2D eigenvalue weighted by Crippen LogP contribution is -2.45. The number of para-hydroxylation sites is 2. The quantitative estimate of drug-likeness (QED) is 0.657. The fraction of sp³-hybridized carbons (Fsp3) is 0.500. The summed E-state index contributed by atoms with van der Waals surface area (Å²) in [6, 6.07) is 7.41. The Balaban J connectivity index is 1.73. The molecule has 0 radical (unpaired) electrons. The van der Waals surface area contributed by atoms with Crippen molar-refractivity contribution in [3.05, 3.63) is 35.9 Å². The predicted octanol–water partition coefficient (Wildman–Crippen LogP) is 2.27. The molecule has 0 bridgehead atoms. The van der Waals surface area contributed by atoms with Crippen molar-refractivity contribution in [1.82, 2.24) is 5.32 Å². The molecule has 0 spiro atoms. The predicted molar refractivity (Wildman–Crippen MR) is 101 cm³/mol. The Hall–Kier alpha value is -2.54. The van der Waals surface area contributed by atoms with Gasteiger partial charge in [0.15, 0.2) is 0 Å². The van der Waals surface area contributed by atoms with Gasteiger partial charge >= 0.3 is 11.9 Å². The zero-order valence-electron chi connectivity index (χ0n) is 15.3. The molecule has 0 saturated carbocycles. The highest BCUT2D eigenvalue weighted by Crippen LogP contribution is 2.32. The number of piperidine rings is 2. The van der Waals surface area contributed by atoms with Crippen molar-refractivity contribution in [2.45, 2.75) is 44.2 Å². The van der Waals surface area contributed by atoms with Crippen LogP contribution in [-0.2, 0) is 9.59 Å². The first-order valence-corrected chi connectivity index (χ1v) is 9.46. The lowest BCUT2D eigenvalue weighted by molar-refractivity contribution is -0.135. The molecule has 1 aromatic carbocycles. The first kappa shape index (κ1) is 19.2. The van der Waals surface area contributed by atoms with Crippen LogP contribution in [0.25, 0.3) is 0 Å². The van der Waals surface area contributed by atoms with Crippen LogP contribution < -0.4 is 15.0 Å². The van der Waals surface area contributed by atoms with Crippen LogP contribution in [0.3, 0.4) is 0 Å². The van der Waals surface area contributed by atoms with Crippen molar-refractivity contribution in [1.29, 1.82) is 0 Å². The molecule has 3 N–H and O–H groups in total. The smallest absolute Gasteiger partial charge is 0.333 e. The van der Waals surface area contributed by atoms with E-state index in [0.717, 1.165) is 37.0 Å². The highest BCUT2D eigenvalue weighted by molar-refractivity contribution is 5.95. The van der Waals surface area contributed by atoms with Crippen LogP contribution in [0.5, 0.6) is 5.75 Å². The van der Waals surface area contributed by atoms with Gasteiger partial charge in [0.05, 0.1) is 11.3 Å². The largest absolute Gasteiger partial charge is 0.488 e. The number of anilines is 1. The van der Waals surface area contributed by atoms with Crippen molar-refractivity contribution >= 4 is 17.6 Å². The summed E-state index contributed by atoms with van der Waals surface area (Å²) in [6.07, 6.45) is 5.36. The maximum absolute atomic E-state index is 11.4. The molecule has 0 aromatic heterocycles. The summed E-state index contributed by atoms with van der Waals surface area (Å²) in [4.78, 5) is 24.7. The van der Waals surface area contributed by atoms with E-state index in [0.29, 0.717) is 13.0 Å². The third-order valence-electron chi connectivity index (χ3n) is 5.11. The average Bonchev–Trinajstić information content (AvgIpc) is 2.67. The van der Waals surface area contributed by atoms with Crippen LogP contribution in [0.4, 0.5) is 5.69 Å². The lowest BCUT2D eigenvalue weighted by atomic mass is 9.95. The molecule has 146 valence electrons. The summed E-state index contributed by atoms with van der Waals surface area (Å²) in [5.41, 5.74) is 0.937. The number of ether oxygens (including phenoxy) is 1. The van der Waals surface area contributed by atoms with Gasteiger partial charge in [0.1, 0.15) is 11.9 Å². The van der Waals surface area contributed by atoms with Crippen LogP contribution in [0.15, 0.2) is 35.9 Å². The van der Waals surface area contributed by atoms with Crippen LogP contribution in [0.2, 0.25) is 0 Å². The number of carboxylic acids is 2. The summed E-state index contributed by atoms with van der Waals surface area (Å²) < 4.78 is 6.26. The lowest BCUT2D eigenvalue weighted by Gasteiger charge is -2.34. The number of benzene rings is 1. The number of rotatable bonds is 6. The van der Waals surface area contributed by atoms with Gasteiger partial charge in [0, 0.05) is 31.6 Å². The fourth-order valence-electron chi connectivity index (χ4n) is 3.80. The standard InChI is InChI=1S/C20H26N2O5/c23-19(24)13-15(20(25)26)16-12-14(8-9-21-16)27-18-7-3-2-6-17(18)22-10-4-1-5-11-22/h2-3,6-7,13-14,16,21H,1,4-5,8-12H2,(H,23,24)(H,25,26)/b15-13-. The Morgan fingerprint density at radius 3 is 2.59 bits per heavy atom. The van der Waals surface area contributed by atoms with Gasteiger partial charge in [-0.3, -0.25) is 0 Å². The molecule has 27 heavy (non-hydrogen) atoms. The summed E-state index contributed by atoms with van der Waals surface area (Å²) in [7, 11) is 0. The van der Waals surface area contributed by atoms with E-state index in [9.17, 15) is 14.7 Å². The first-order valence-electron chi connectivity index (χ1n) is 9.46. The molecule has 7 heteroatoms. The topological polar surface area (TPSA) is 99.1 Å². The molecule has 2 heterocycles. The molecule has 2 aliphatic heterocycles. The number of aliphatic carboxylic acids is 2. The molecule has 2 saturated heterocycles. The number of hydrogen-bond donors (Lipinski definition) is 3. The van der Waals surface area contributed by atoms with Crippen LogP contribution in [0.1, 0.15) is 32.1 Å². The van der Waals surface area contributed by atoms with Crippen molar-refractivity contribution in [2.75, 3.05) is 24.5 Å². The van der Waals surface area contributed by atoms with Gasteiger partial charge in [-0.2, -0.15) is 0 Å². The van der Waals surface area contributed by atoms with Gasteiger partial charge in [-0.15, -0.1) is 0 Å². The minimum absolute atomic E-state index is 0.139. The third kappa shape index (κ3) is 5.01.